The summed E-state index contributed by atoms with van der Waals surface area (Å²) in [7, 11) is 0. The van der Waals surface area contributed by atoms with Crippen LogP contribution in [0.15, 0.2) is 54.7 Å². The molecule has 0 radical (unpaired) electrons. The van der Waals surface area contributed by atoms with Crippen LogP contribution in [0.25, 0.3) is 0 Å². The minimum Gasteiger partial charge on any atom is -0.329 e. The molecule has 0 saturated carbocycles. The van der Waals surface area contributed by atoms with Crippen LogP contribution in [-0.4, -0.2) is 24.7 Å². The molecule has 6 nitrogen and oxygen atoms in total. The largest absolute Gasteiger partial charge is 0.329 e. The van der Waals surface area contributed by atoms with Gasteiger partial charge < -0.3 is 10.6 Å². The van der Waals surface area contributed by atoms with E-state index in [4.69, 9.17) is 35.4 Å². The Morgan fingerprint density at radius 3 is 2.45 bits per heavy atom. The Balaban J connectivity index is 1.42. The van der Waals surface area contributed by atoms with Crippen molar-refractivity contribution in [3.63, 3.8) is 0 Å². The Bertz CT molecular complexity index is 1300. The normalized spacial score (nSPS) is 10.9. The fourth-order valence-corrected chi connectivity index (χ4v) is 4.19. The van der Waals surface area contributed by atoms with Crippen molar-refractivity contribution in [3.05, 3.63) is 93.1 Å². The third kappa shape index (κ3) is 5.52. The van der Waals surface area contributed by atoms with Gasteiger partial charge in [0.25, 0.3) is 0 Å². The Morgan fingerprint density at radius 2 is 1.73 bits per heavy atom. The highest BCUT2D eigenvalue weighted by molar-refractivity contribution is 7.80. The Labute approximate surface area is 206 Å². The molecule has 2 aromatic carbocycles. The van der Waals surface area contributed by atoms with E-state index in [0.717, 1.165) is 28.2 Å². The quantitative estimate of drug-likeness (QED) is 0.314. The molecule has 4 rings (SSSR count). The molecule has 0 amide bonds. The van der Waals surface area contributed by atoms with Crippen molar-refractivity contribution in [3.8, 4) is 0 Å². The first-order valence-corrected chi connectivity index (χ1v) is 11.3. The number of rotatable bonds is 6. The van der Waals surface area contributed by atoms with Crippen LogP contribution in [0, 0.1) is 19.7 Å². The number of halogens is 3. The van der Waals surface area contributed by atoms with E-state index >= 15 is 0 Å². The second-order valence-corrected chi connectivity index (χ2v) is 8.73. The van der Waals surface area contributed by atoms with Crippen molar-refractivity contribution in [2.75, 3.05) is 10.6 Å². The summed E-state index contributed by atoms with van der Waals surface area (Å²) in [4.78, 5) is 0. The molecule has 0 unspecified atom stereocenters. The molecule has 170 valence electrons. The van der Waals surface area contributed by atoms with Crippen molar-refractivity contribution in [1.29, 1.82) is 0 Å². The summed E-state index contributed by atoms with van der Waals surface area (Å²) in [5.41, 5.74) is 4.10. The third-order valence-corrected chi connectivity index (χ3v) is 6.02. The summed E-state index contributed by atoms with van der Waals surface area (Å²) in [6.45, 7) is 4.72. The van der Waals surface area contributed by atoms with Crippen molar-refractivity contribution in [2.45, 2.75) is 26.9 Å². The van der Waals surface area contributed by atoms with E-state index in [9.17, 15) is 4.39 Å². The van der Waals surface area contributed by atoms with Crippen LogP contribution in [0.5, 0.6) is 0 Å². The van der Waals surface area contributed by atoms with Crippen LogP contribution in [0.2, 0.25) is 10.0 Å². The van der Waals surface area contributed by atoms with E-state index < -0.39 is 0 Å². The van der Waals surface area contributed by atoms with Gasteiger partial charge >= 0.3 is 0 Å². The lowest BCUT2D eigenvalue weighted by Crippen LogP contribution is -2.20. The fraction of sp³-hybridized carbons (Fsp3) is 0.174. The van der Waals surface area contributed by atoms with Crippen LogP contribution in [0.4, 0.5) is 15.9 Å². The average molecular weight is 503 g/mol. The summed E-state index contributed by atoms with van der Waals surface area (Å²) in [6, 6.07) is 13.7. The molecular formula is C23H21Cl2FN6S. The van der Waals surface area contributed by atoms with Gasteiger partial charge in [-0.1, -0.05) is 41.4 Å². The minimum absolute atomic E-state index is 0.269. The number of nitrogens with zero attached hydrogens (tertiary/aromatic N) is 4. The van der Waals surface area contributed by atoms with E-state index in [2.05, 4.69) is 20.8 Å². The van der Waals surface area contributed by atoms with Crippen LogP contribution >= 0.6 is 35.4 Å². The van der Waals surface area contributed by atoms with Gasteiger partial charge in [0, 0.05) is 27.9 Å². The number of thiocarbonyl (C=S) groups is 1. The highest BCUT2D eigenvalue weighted by Crippen LogP contribution is 2.25. The molecule has 4 aromatic rings. The SMILES string of the molecule is Cc1nn(Cc2cccc(F)c2)c(C)c1NC(=S)Nc1ccn(Cc2c(Cl)cccc2Cl)n1. The van der Waals surface area contributed by atoms with Crippen LogP contribution in [-0.2, 0) is 13.1 Å². The molecule has 33 heavy (non-hydrogen) atoms. The van der Waals surface area contributed by atoms with Gasteiger partial charge in [-0.15, -0.1) is 0 Å². The molecule has 0 aliphatic carbocycles. The van der Waals surface area contributed by atoms with Gasteiger partial charge in [-0.3, -0.25) is 9.36 Å². The maximum absolute atomic E-state index is 13.5. The molecule has 0 fully saturated rings. The summed E-state index contributed by atoms with van der Waals surface area (Å²) < 4.78 is 17.1. The number of aromatic nitrogens is 4. The molecule has 0 saturated heterocycles. The Kier molecular flexibility index (Phi) is 6.97. The highest BCUT2D eigenvalue weighted by atomic mass is 35.5. The number of anilines is 2. The predicted molar refractivity (Wildman–Crippen MR) is 135 cm³/mol. The first kappa shape index (κ1) is 23.2. The summed E-state index contributed by atoms with van der Waals surface area (Å²) >= 11 is 18.0. The third-order valence-electron chi connectivity index (χ3n) is 5.11. The molecule has 2 aromatic heterocycles. The molecule has 0 bridgehead atoms. The van der Waals surface area contributed by atoms with Crippen LogP contribution < -0.4 is 10.6 Å². The summed E-state index contributed by atoms with van der Waals surface area (Å²) in [6.07, 6.45) is 1.82. The van der Waals surface area contributed by atoms with Crippen LogP contribution in [0.1, 0.15) is 22.5 Å². The van der Waals surface area contributed by atoms with E-state index in [1.54, 1.807) is 28.9 Å². The average Bonchev–Trinajstić information content (AvgIpc) is 3.30. The summed E-state index contributed by atoms with van der Waals surface area (Å²) in [5.74, 6) is 0.312. The van der Waals surface area contributed by atoms with Gasteiger partial charge in [0.05, 0.1) is 30.2 Å². The number of benzene rings is 2. The first-order chi connectivity index (χ1) is 15.8. The Hall–Kier alpha value is -2.94. The smallest absolute Gasteiger partial charge is 0.176 e. The van der Waals surface area contributed by atoms with Gasteiger partial charge in [0.15, 0.2) is 10.9 Å². The van der Waals surface area contributed by atoms with E-state index in [0.29, 0.717) is 34.1 Å². The molecule has 0 atom stereocenters. The van der Waals surface area contributed by atoms with Gasteiger partial charge in [-0.2, -0.15) is 10.2 Å². The Morgan fingerprint density at radius 1 is 1.00 bits per heavy atom. The maximum Gasteiger partial charge on any atom is 0.176 e. The zero-order valence-corrected chi connectivity index (χ0v) is 20.3. The maximum atomic E-state index is 13.5. The van der Waals surface area contributed by atoms with Crippen molar-refractivity contribution in [1.82, 2.24) is 19.6 Å². The molecule has 0 spiro atoms. The second kappa shape index (κ2) is 9.91. The summed E-state index contributed by atoms with van der Waals surface area (Å²) in [5, 5.41) is 16.9. The zero-order chi connectivity index (χ0) is 23.5. The number of hydrogen-bond acceptors (Lipinski definition) is 3. The van der Waals surface area contributed by atoms with Crippen molar-refractivity contribution >= 4 is 52.0 Å². The zero-order valence-electron chi connectivity index (χ0n) is 17.9. The van der Waals surface area contributed by atoms with Gasteiger partial charge in [-0.25, -0.2) is 4.39 Å². The standard InChI is InChI=1S/C23H21Cl2FN6S/c1-14-22(15(2)32(29-14)12-16-5-3-6-17(26)11-16)28-23(33)27-21-9-10-31(30-21)13-18-19(24)7-4-8-20(18)25/h3-11H,12-13H2,1-2H3,(H2,27,28,30,33). The lowest BCUT2D eigenvalue weighted by Gasteiger charge is -2.10. The highest BCUT2D eigenvalue weighted by Gasteiger charge is 2.14. The van der Waals surface area contributed by atoms with E-state index in [1.165, 1.54) is 12.1 Å². The molecular weight excluding hydrogens is 482 g/mol. The number of hydrogen-bond donors (Lipinski definition) is 2. The van der Waals surface area contributed by atoms with Gasteiger partial charge in [0.1, 0.15) is 5.82 Å². The van der Waals surface area contributed by atoms with E-state index in [1.807, 2.05) is 36.9 Å². The second-order valence-electron chi connectivity index (χ2n) is 7.51. The van der Waals surface area contributed by atoms with Crippen molar-refractivity contribution < 1.29 is 4.39 Å². The lowest BCUT2D eigenvalue weighted by atomic mass is 10.2. The molecule has 10 heteroatoms. The molecule has 2 heterocycles. The molecule has 0 aliphatic heterocycles. The topological polar surface area (TPSA) is 59.7 Å². The van der Waals surface area contributed by atoms with Crippen molar-refractivity contribution in [2.24, 2.45) is 0 Å². The first-order valence-electron chi connectivity index (χ1n) is 10.1. The predicted octanol–water partition coefficient (Wildman–Crippen LogP) is 6.05. The fourth-order valence-electron chi connectivity index (χ4n) is 3.46. The number of nitrogens with one attached hydrogen (secondary N) is 2. The van der Waals surface area contributed by atoms with E-state index in [-0.39, 0.29) is 5.82 Å². The lowest BCUT2D eigenvalue weighted by molar-refractivity contribution is 0.616. The monoisotopic (exact) mass is 502 g/mol. The molecule has 2 N–H and O–H groups in total. The van der Waals surface area contributed by atoms with Gasteiger partial charge in [-0.05, 0) is 55.9 Å². The molecule has 0 aliphatic rings. The van der Waals surface area contributed by atoms with Gasteiger partial charge in [0.2, 0.25) is 0 Å². The minimum atomic E-state index is -0.269. The number of aryl methyl sites for hydroxylation is 1. The van der Waals surface area contributed by atoms with Crippen LogP contribution in [0.3, 0.4) is 0 Å².